The first-order valence-electron chi connectivity index (χ1n) is 9.91. The van der Waals surface area contributed by atoms with Gasteiger partial charge in [0.1, 0.15) is 0 Å². The molecule has 0 aromatic heterocycles. The van der Waals surface area contributed by atoms with Crippen LogP contribution in [-0.4, -0.2) is 61.5 Å². The molecule has 2 fully saturated rings. The predicted octanol–water partition coefficient (Wildman–Crippen LogP) is 2.57. The van der Waals surface area contributed by atoms with Gasteiger partial charge in [0.2, 0.25) is 5.91 Å². The quantitative estimate of drug-likeness (QED) is 0.795. The Morgan fingerprint density at radius 1 is 1.04 bits per heavy atom. The van der Waals surface area contributed by atoms with E-state index in [1.54, 1.807) is 24.1 Å². The average molecular weight is 374 g/mol. The van der Waals surface area contributed by atoms with E-state index in [0.717, 1.165) is 32.4 Å². The van der Waals surface area contributed by atoms with Gasteiger partial charge in [0.15, 0.2) is 18.1 Å². The standard InChI is InChI=1S/C21H30N2O4/c1-16-6-5-11-23(14-16)21(25)17-9-12-22(13-10-17)20(24)15-27-19-8-4-3-7-18(19)26-2/h3-4,7-8,16-17H,5-6,9-15H2,1-2H3. The molecular weight excluding hydrogens is 344 g/mol. The maximum Gasteiger partial charge on any atom is 0.260 e. The van der Waals surface area contributed by atoms with E-state index in [9.17, 15) is 9.59 Å². The van der Waals surface area contributed by atoms with Crippen molar-refractivity contribution in [2.75, 3.05) is 39.9 Å². The number of carbonyl (C=O) groups is 2. The second-order valence-corrected chi connectivity index (χ2v) is 7.63. The molecule has 0 aliphatic carbocycles. The van der Waals surface area contributed by atoms with Crippen LogP contribution in [0.4, 0.5) is 0 Å². The average Bonchev–Trinajstić information content (AvgIpc) is 2.71. The molecule has 1 atom stereocenters. The number of benzene rings is 1. The van der Waals surface area contributed by atoms with Gasteiger partial charge in [-0.25, -0.2) is 0 Å². The Kier molecular flexibility index (Phi) is 6.58. The highest BCUT2D eigenvalue weighted by Crippen LogP contribution is 2.26. The third kappa shape index (κ3) is 4.93. The fourth-order valence-corrected chi connectivity index (χ4v) is 3.99. The van der Waals surface area contributed by atoms with Crippen molar-refractivity contribution in [3.05, 3.63) is 24.3 Å². The maximum absolute atomic E-state index is 12.7. The van der Waals surface area contributed by atoms with Crippen molar-refractivity contribution in [2.45, 2.75) is 32.6 Å². The lowest BCUT2D eigenvalue weighted by atomic mass is 9.93. The number of nitrogens with zero attached hydrogens (tertiary/aromatic N) is 2. The third-order valence-corrected chi connectivity index (χ3v) is 5.59. The summed E-state index contributed by atoms with van der Waals surface area (Å²) in [5.41, 5.74) is 0. The molecule has 2 aliphatic heterocycles. The molecule has 1 aromatic rings. The number of amides is 2. The van der Waals surface area contributed by atoms with Gasteiger partial charge in [0.25, 0.3) is 5.91 Å². The van der Waals surface area contributed by atoms with E-state index in [4.69, 9.17) is 9.47 Å². The van der Waals surface area contributed by atoms with Gasteiger partial charge in [-0.15, -0.1) is 0 Å². The molecule has 3 rings (SSSR count). The molecule has 2 heterocycles. The first-order valence-corrected chi connectivity index (χ1v) is 9.91. The summed E-state index contributed by atoms with van der Waals surface area (Å²) in [5, 5.41) is 0. The minimum absolute atomic E-state index is 0.0113. The van der Waals surface area contributed by atoms with Crippen LogP contribution >= 0.6 is 0 Å². The summed E-state index contributed by atoms with van der Waals surface area (Å²) in [7, 11) is 1.58. The first-order chi connectivity index (χ1) is 13.1. The number of methoxy groups -OCH3 is 1. The second-order valence-electron chi connectivity index (χ2n) is 7.63. The Morgan fingerprint density at radius 3 is 2.41 bits per heavy atom. The van der Waals surface area contributed by atoms with E-state index in [2.05, 4.69) is 6.92 Å². The molecule has 0 radical (unpaired) electrons. The molecule has 0 N–H and O–H groups in total. The van der Waals surface area contributed by atoms with E-state index >= 15 is 0 Å². The zero-order valence-corrected chi connectivity index (χ0v) is 16.4. The molecule has 6 nitrogen and oxygen atoms in total. The third-order valence-electron chi connectivity index (χ3n) is 5.59. The van der Waals surface area contributed by atoms with E-state index in [0.29, 0.717) is 30.5 Å². The van der Waals surface area contributed by atoms with Crippen molar-refractivity contribution in [1.82, 2.24) is 9.80 Å². The van der Waals surface area contributed by atoms with Crippen molar-refractivity contribution in [3.63, 3.8) is 0 Å². The summed E-state index contributed by atoms with van der Waals surface area (Å²) in [4.78, 5) is 29.0. The van der Waals surface area contributed by atoms with Crippen LogP contribution in [-0.2, 0) is 9.59 Å². The topological polar surface area (TPSA) is 59.1 Å². The Hall–Kier alpha value is -2.24. The molecule has 0 spiro atoms. The number of para-hydroxylation sites is 2. The molecule has 2 saturated heterocycles. The zero-order chi connectivity index (χ0) is 19.2. The molecule has 6 heteroatoms. The number of piperidine rings is 2. The van der Waals surface area contributed by atoms with Gasteiger partial charge in [-0.3, -0.25) is 9.59 Å². The van der Waals surface area contributed by atoms with Gasteiger partial charge >= 0.3 is 0 Å². The minimum atomic E-state index is -0.0431. The minimum Gasteiger partial charge on any atom is -0.493 e. The molecule has 2 amide bonds. The van der Waals surface area contributed by atoms with E-state index in [-0.39, 0.29) is 24.3 Å². The first kappa shape index (κ1) is 19.5. The Morgan fingerprint density at radius 2 is 1.74 bits per heavy atom. The molecule has 148 valence electrons. The van der Waals surface area contributed by atoms with Crippen molar-refractivity contribution in [1.29, 1.82) is 0 Å². The van der Waals surface area contributed by atoms with Crippen LogP contribution in [0.2, 0.25) is 0 Å². The number of likely N-dealkylation sites (tertiary alicyclic amines) is 2. The van der Waals surface area contributed by atoms with Crippen LogP contribution in [0.5, 0.6) is 11.5 Å². The van der Waals surface area contributed by atoms with Crippen molar-refractivity contribution in [2.24, 2.45) is 11.8 Å². The van der Waals surface area contributed by atoms with Gasteiger partial charge in [-0.05, 0) is 43.7 Å². The summed E-state index contributed by atoms with van der Waals surface area (Å²) >= 11 is 0. The summed E-state index contributed by atoms with van der Waals surface area (Å²) in [5.74, 6) is 2.06. The normalized spacial score (nSPS) is 21.0. The number of ether oxygens (including phenoxy) is 2. The lowest BCUT2D eigenvalue weighted by Crippen LogP contribution is -2.47. The molecular formula is C21H30N2O4. The van der Waals surface area contributed by atoms with Gasteiger partial charge in [0, 0.05) is 32.1 Å². The number of carbonyl (C=O) groups excluding carboxylic acids is 2. The highest BCUT2D eigenvalue weighted by Gasteiger charge is 2.31. The molecule has 0 bridgehead atoms. The van der Waals surface area contributed by atoms with Crippen molar-refractivity contribution in [3.8, 4) is 11.5 Å². The van der Waals surface area contributed by atoms with Gasteiger partial charge in [-0.1, -0.05) is 19.1 Å². The van der Waals surface area contributed by atoms with Crippen LogP contribution in [0.15, 0.2) is 24.3 Å². The zero-order valence-electron chi connectivity index (χ0n) is 16.4. The smallest absolute Gasteiger partial charge is 0.260 e. The van der Waals surface area contributed by atoms with Gasteiger partial charge in [0.05, 0.1) is 7.11 Å². The van der Waals surface area contributed by atoms with Crippen LogP contribution in [0.1, 0.15) is 32.6 Å². The Balaban J connectivity index is 1.45. The van der Waals surface area contributed by atoms with E-state index < -0.39 is 0 Å². The number of hydrogen-bond acceptors (Lipinski definition) is 4. The summed E-state index contributed by atoms with van der Waals surface area (Å²) in [6.45, 7) is 5.20. The maximum atomic E-state index is 12.7. The Bertz CT molecular complexity index is 655. The van der Waals surface area contributed by atoms with Crippen LogP contribution < -0.4 is 9.47 Å². The Labute approximate surface area is 161 Å². The van der Waals surface area contributed by atoms with Crippen LogP contribution in [0.25, 0.3) is 0 Å². The SMILES string of the molecule is COc1ccccc1OCC(=O)N1CCC(C(=O)N2CCCC(C)C2)CC1. The summed E-state index contributed by atoms with van der Waals surface area (Å²) in [6, 6.07) is 7.30. The van der Waals surface area contributed by atoms with Crippen molar-refractivity contribution < 1.29 is 19.1 Å². The largest absolute Gasteiger partial charge is 0.493 e. The van der Waals surface area contributed by atoms with Gasteiger partial charge < -0.3 is 19.3 Å². The van der Waals surface area contributed by atoms with Crippen molar-refractivity contribution >= 4 is 11.8 Å². The predicted molar refractivity (Wildman–Crippen MR) is 103 cm³/mol. The molecule has 1 aromatic carbocycles. The fourth-order valence-electron chi connectivity index (χ4n) is 3.99. The number of rotatable bonds is 5. The molecule has 27 heavy (non-hydrogen) atoms. The van der Waals surface area contributed by atoms with Gasteiger partial charge in [-0.2, -0.15) is 0 Å². The lowest BCUT2D eigenvalue weighted by molar-refractivity contribution is -0.142. The van der Waals surface area contributed by atoms with Crippen LogP contribution in [0, 0.1) is 11.8 Å². The molecule has 0 saturated carbocycles. The highest BCUT2D eigenvalue weighted by molar-refractivity contribution is 5.81. The fraction of sp³-hybridized carbons (Fsp3) is 0.619. The van der Waals surface area contributed by atoms with E-state index in [1.165, 1.54) is 6.42 Å². The monoisotopic (exact) mass is 374 g/mol. The summed E-state index contributed by atoms with van der Waals surface area (Å²) in [6.07, 6.45) is 3.79. The summed E-state index contributed by atoms with van der Waals surface area (Å²) < 4.78 is 10.9. The molecule has 2 aliphatic rings. The van der Waals surface area contributed by atoms with E-state index in [1.807, 2.05) is 17.0 Å². The highest BCUT2D eigenvalue weighted by atomic mass is 16.5. The van der Waals surface area contributed by atoms with Crippen LogP contribution in [0.3, 0.4) is 0 Å². The number of hydrogen-bond donors (Lipinski definition) is 0. The second kappa shape index (κ2) is 9.11. The lowest BCUT2D eigenvalue weighted by Gasteiger charge is -2.37. The molecule has 1 unspecified atom stereocenters.